The lowest BCUT2D eigenvalue weighted by Crippen LogP contribution is -2.30. The molecule has 0 rings (SSSR count). The fourth-order valence-corrected chi connectivity index (χ4v) is 9.10. The Hall–Kier alpha value is -1.59. The fourth-order valence-electron chi connectivity index (χ4n) is 9.10. The summed E-state index contributed by atoms with van der Waals surface area (Å²) < 4.78 is 16.9. The third kappa shape index (κ3) is 53.2. The van der Waals surface area contributed by atoms with Crippen LogP contribution >= 0.6 is 0 Å². The molecule has 1 atom stereocenters. The van der Waals surface area contributed by atoms with Gasteiger partial charge in [-0.2, -0.15) is 0 Å². The topological polar surface area (TPSA) is 78.9 Å². The molecule has 6 nitrogen and oxygen atoms in total. The summed E-state index contributed by atoms with van der Waals surface area (Å²) in [5.74, 6) is 0.0169. The standard InChI is InChI=1S/C59H114O6/c1-5-7-9-11-13-15-17-18-19-20-24-27-31-35-39-43-47-51-58(61)64-54-56(53-63-57(60)50-46-42-38-34-29-16-14-12-10-8-6-2)65-59(62)52-48-44-40-36-32-28-25-22-21-23-26-30-33-37-41-45-49-55(3)4/h55-56H,5-54H2,1-4H3/t56-/m0/s1. The van der Waals surface area contributed by atoms with E-state index in [0.717, 1.165) is 63.7 Å². The predicted octanol–water partition coefficient (Wildman–Crippen LogP) is 19.4. The molecule has 0 radical (unpaired) electrons. The van der Waals surface area contributed by atoms with Crippen LogP contribution in [0.5, 0.6) is 0 Å². The molecular formula is C59H114O6. The van der Waals surface area contributed by atoms with Crippen molar-refractivity contribution < 1.29 is 28.6 Å². The van der Waals surface area contributed by atoms with Crippen LogP contribution in [0.1, 0.15) is 336 Å². The number of hydrogen-bond acceptors (Lipinski definition) is 6. The number of hydrogen-bond donors (Lipinski definition) is 0. The van der Waals surface area contributed by atoms with Gasteiger partial charge in [0.15, 0.2) is 6.10 Å². The molecule has 0 amide bonds. The zero-order valence-corrected chi connectivity index (χ0v) is 44.5. The number of unbranched alkanes of at least 4 members (excludes halogenated alkanes) is 41. The second-order valence-electron chi connectivity index (χ2n) is 20.8. The molecule has 6 heteroatoms. The first-order chi connectivity index (χ1) is 31.9. The second kappa shape index (κ2) is 53.4. The Balaban J connectivity index is 4.25. The first kappa shape index (κ1) is 63.4. The van der Waals surface area contributed by atoms with Crippen molar-refractivity contribution in [1.82, 2.24) is 0 Å². The van der Waals surface area contributed by atoms with Crippen LogP contribution in [0.4, 0.5) is 0 Å². The number of ether oxygens (including phenoxy) is 3. The summed E-state index contributed by atoms with van der Waals surface area (Å²) in [5, 5.41) is 0. The molecule has 0 aliphatic carbocycles. The minimum absolute atomic E-state index is 0.0617. The molecule has 65 heavy (non-hydrogen) atoms. The summed E-state index contributed by atoms with van der Waals surface area (Å²) in [6.07, 6.45) is 58.1. The van der Waals surface area contributed by atoms with Gasteiger partial charge in [0, 0.05) is 19.3 Å². The van der Waals surface area contributed by atoms with Crippen LogP contribution in [0.15, 0.2) is 0 Å². The molecular weight excluding hydrogens is 805 g/mol. The molecule has 0 spiro atoms. The lowest BCUT2D eigenvalue weighted by molar-refractivity contribution is -0.167. The van der Waals surface area contributed by atoms with Gasteiger partial charge in [0.25, 0.3) is 0 Å². The van der Waals surface area contributed by atoms with Gasteiger partial charge in [-0.15, -0.1) is 0 Å². The quantitative estimate of drug-likeness (QED) is 0.0344. The molecule has 386 valence electrons. The highest BCUT2D eigenvalue weighted by atomic mass is 16.6. The highest BCUT2D eigenvalue weighted by Gasteiger charge is 2.19. The number of rotatable bonds is 54. The third-order valence-electron chi connectivity index (χ3n) is 13.5. The van der Waals surface area contributed by atoms with E-state index in [0.29, 0.717) is 19.3 Å². The number of esters is 3. The van der Waals surface area contributed by atoms with Gasteiger partial charge in [-0.05, 0) is 25.2 Å². The number of carbonyl (C=O) groups excluding carboxylic acids is 3. The summed E-state index contributed by atoms with van der Waals surface area (Å²) in [7, 11) is 0. The molecule has 0 saturated heterocycles. The number of carbonyl (C=O) groups is 3. The van der Waals surface area contributed by atoms with Gasteiger partial charge in [0.05, 0.1) is 0 Å². The van der Waals surface area contributed by atoms with E-state index in [1.54, 1.807) is 0 Å². The van der Waals surface area contributed by atoms with E-state index in [1.165, 1.54) is 231 Å². The van der Waals surface area contributed by atoms with Gasteiger partial charge in [0.1, 0.15) is 13.2 Å². The SMILES string of the molecule is CCCCCCCCCCCCCCCCCCCC(=O)OC[C@H](COC(=O)CCCCCCCCCCCCC)OC(=O)CCCCCCCCCCCCCCCCCCC(C)C. The van der Waals surface area contributed by atoms with E-state index < -0.39 is 6.10 Å². The van der Waals surface area contributed by atoms with Gasteiger partial charge in [0.2, 0.25) is 0 Å². The zero-order chi connectivity index (χ0) is 47.4. The first-order valence-corrected chi connectivity index (χ1v) is 29.4. The van der Waals surface area contributed by atoms with Gasteiger partial charge in [-0.25, -0.2) is 0 Å². The second-order valence-corrected chi connectivity index (χ2v) is 20.8. The molecule has 0 bridgehead atoms. The largest absolute Gasteiger partial charge is 0.462 e. The van der Waals surface area contributed by atoms with Crippen molar-refractivity contribution >= 4 is 17.9 Å². The Morgan fingerprint density at radius 1 is 0.292 bits per heavy atom. The molecule has 0 fully saturated rings. The van der Waals surface area contributed by atoms with Crippen molar-refractivity contribution in [3.8, 4) is 0 Å². The predicted molar refractivity (Wildman–Crippen MR) is 280 cm³/mol. The Morgan fingerprint density at radius 3 is 0.754 bits per heavy atom. The van der Waals surface area contributed by atoms with E-state index >= 15 is 0 Å². The molecule has 0 heterocycles. The van der Waals surface area contributed by atoms with Crippen molar-refractivity contribution in [3.05, 3.63) is 0 Å². The minimum Gasteiger partial charge on any atom is -0.462 e. The van der Waals surface area contributed by atoms with E-state index in [4.69, 9.17) is 14.2 Å². The van der Waals surface area contributed by atoms with Crippen LogP contribution in [0.2, 0.25) is 0 Å². The summed E-state index contributed by atoms with van der Waals surface area (Å²) in [6.45, 7) is 9.07. The molecule has 0 aliphatic rings. The summed E-state index contributed by atoms with van der Waals surface area (Å²) >= 11 is 0. The van der Waals surface area contributed by atoms with Crippen LogP contribution < -0.4 is 0 Å². The van der Waals surface area contributed by atoms with E-state index in [2.05, 4.69) is 27.7 Å². The lowest BCUT2D eigenvalue weighted by Gasteiger charge is -2.18. The van der Waals surface area contributed by atoms with Crippen molar-refractivity contribution in [2.45, 2.75) is 342 Å². The van der Waals surface area contributed by atoms with Crippen LogP contribution in [0.25, 0.3) is 0 Å². The molecule has 0 saturated carbocycles. The minimum atomic E-state index is -0.761. The van der Waals surface area contributed by atoms with Gasteiger partial charge < -0.3 is 14.2 Å². The van der Waals surface area contributed by atoms with Crippen molar-refractivity contribution in [2.75, 3.05) is 13.2 Å². The molecule has 0 unspecified atom stereocenters. The first-order valence-electron chi connectivity index (χ1n) is 29.4. The maximum atomic E-state index is 12.9. The van der Waals surface area contributed by atoms with Crippen LogP contribution in [-0.4, -0.2) is 37.2 Å². The van der Waals surface area contributed by atoms with E-state index in [-0.39, 0.29) is 31.1 Å². The molecule has 0 aromatic heterocycles. The van der Waals surface area contributed by atoms with Gasteiger partial charge in [-0.1, -0.05) is 297 Å². The monoisotopic (exact) mass is 919 g/mol. The maximum Gasteiger partial charge on any atom is 0.306 e. The molecule has 0 aromatic carbocycles. The average molecular weight is 920 g/mol. The van der Waals surface area contributed by atoms with Gasteiger partial charge >= 0.3 is 17.9 Å². The zero-order valence-electron chi connectivity index (χ0n) is 44.5. The van der Waals surface area contributed by atoms with Crippen molar-refractivity contribution in [2.24, 2.45) is 5.92 Å². The summed E-state index contributed by atoms with van der Waals surface area (Å²) in [6, 6.07) is 0. The van der Waals surface area contributed by atoms with Crippen molar-refractivity contribution in [3.63, 3.8) is 0 Å². The normalized spacial score (nSPS) is 12.0. The third-order valence-corrected chi connectivity index (χ3v) is 13.5. The molecule has 0 aromatic rings. The smallest absolute Gasteiger partial charge is 0.306 e. The molecule has 0 N–H and O–H groups in total. The highest BCUT2D eigenvalue weighted by Crippen LogP contribution is 2.18. The van der Waals surface area contributed by atoms with Crippen molar-refractivity contribution in [1.29, 1.82) is 0 Å². The Labute approximate surface area is 406 Å². The van der Waals surface area contributed by atoms with E-state index in [1.807, 2.05) is 0 Å². The average Bonchev–Trinajstić information content (AvgIpc) is 3.29. The Bertz CT molecular complexity index is 980. The lowest BCUT2D eigenvalue weighted by atomic mass is 10.0. The van der Waals surface area contributed by atoms with Gasteiger partial charge in [-0.3, -0.25) is 14.4 Å². The summed E-state index contributed by atoms with van der Waals surface area (Å²) in [4.78, 5) is 38.1. The highest BCUT2D eigenvalue weighted by molar-refractivity contribution is 5.71. The molecule has 0 aliphatic heterocycles. The Morgan fingerprint density at radius 2 is 0.508 bits per heavy atom. The van der Waals surface area contributed by atoms with Crippen LogP contribution in [-0.2, 0) is 28.6 Å². The van der Waals surface area contributed by atoms with Crippen LogP contribution in [0.3, 0.4) is 0 Å². The summed E-state index contributed by atoms with van der Waals surface area (Å²) in [5.41, 5.74) is 0. The van der Waals surface area contributed by atoms with E-state index in [9.17, 15) is 14.4 Å². The maximum absolute atomic E-state index is 12.9. The fraction of sp³-hybridized carbons (Fsp3) is 0.949. The Kier molecular flexibility index (Phi) is 52.1. The van der Waals surface area contributed by atoms with Crippen LogP contribution in [0, 0.1) is 5.92 Å².